The number of methoxy groups -OCH3 is 2. The fourth-order valence-corrected chi connectivity index (χ4v) is 5.73. The Hall–Kier alpha value is -3.31. The molecule has 12 heteroatoms. The van der Waals surface area contributed by atoms with Gasteiger partial charge in [0.2, 0.25) is 5.91 Å². The number of nitrogens with zero attached hydrogens (tertiary/aromatic N) is 3. The molecule has 2 fully saturated rings. The van der Waals surface area contributed by atoms with Gasteiger partial charge in [0, 0.05) is 41.7 Å². The molecule has 2 aliphatic rings. The monoisotopic (exact) mass is 587 g/mol. The standard InChI is InChI=1S/C28H31Cl2N5O5/c1-4-24(37)33-20-14-40-13-19(20)32-23-10-17-15(12-31-23)9-18(34-28(17)35-7-5-16(36)6-8-35)25-26(29)21(38-2)11-22(39-3)27(25)30/h4,9-12,16,19-20,36H,1,5-8,13-14H2,2-3H3,(H,31,32)(H,33,37)/t19-,20+/m1/s1. The van der Waals surface area contributed by atoms with Gasteiger partial charge < -0.3 is 34.9 Å². The lowest BCUT2D eigenvalue weighted by Crippen LogP contribution is -2.45. The van der Waals surface area contributed by atoms with E-state index in [-0.39, 0.29) is 24.1 Å². The third-order valence-corrected chi connectivity index (χ3v) is 7.97. The molecule has 212 valence electrons. The second-order valence-electron chi connectivity index (χ2n) is 9.73. The molecule has 0 saturated carbocycles. The van der Waals surface area contributed by atoms with Crippen molar-refractivity contribution < 1.29 is 24.1 Å². The van der Waals surface area contributed by atoms with Crippen molar-refractivity contribution in [3.63, 3.8) is 0 Å². The van der Waals surface area contributed by atoms with E-state index < -0.39 is 0 Å². The van der Waals surface area contributed by atoms with Crippen LogP contribution in [-0.2, 0) is 9.53 Å². The fourth-order valence-electron chi connectivity index (χ4n) is 5.04. The Morgan fingerprint density at radius 2 is 1.80 bits per heavy atom. The molecular formula is C28H31Cl2N5O5. The minimum absolute atomic E-state index is 0.170. The molecule has 40 heavy (non-hydrogen) atoms. The number of aromatic nitrogens is 2. The van der Waals surface area contributed by atoms with Gasteiger partial charge in [-0.1, -0.05) is 29.8 Å². The highest BCUT2D eigenvalue weighted by Gasteiger charge is 2.30. The number of pyridine rings is 2. The number of ether oxygens (including phenoxy) is 3. The molecule has 2 aliphatic heterocycles. The number of anilines is 2. The quantitative estimate of drug-likeness (QED) is 0.335. The zero-order valence-corrected chi connectivity index (χ0v) is 23.8. The van der Waals surface area contributed by atoms with E-state index in [1.165, 1.54) is 20.3 Å². The van der Waals surface area contributed by atoms with Gasteiger partial charge >= 0.3 is 0 Å². The van der Waals surface area contributed by atoms with Crippen LogP contribution in [0.2, 0.25) is 10.0 Å². The van der Waals surface area contributed by atoms with E-state index in [0.29, 0.717) is 77.8 Å². The van der Waals surface area contributed by atoms with Crippen molar-refractivity contribution in [1.82, 2.24) is 15.3 Å². The van der Waals surface area contributed by atoms with E-state index in [0.717, 1.165) is 16.6 Å². The van der Waals surface area contributed by atoms with Crippen molar-refractivity contribution in [3.05, 3.63) is 47.1 Å². The normalized spacial score (nSPS) is 19.5. The van der Waals surface area contributed by atoms with Crippen LogP contribution in [-0.4, -0.2) is 79.7 Å². The third-order valence-electron chi connectivity index (χ3n) is 7.21. The van der Waals surface area contributed by atoms with Gasteiger partial charge in [0.15, 0.2) is 0 Å². The first-order valence-electron chi connectivity index (χ1n) is 12.9. The zero-order valence-electron chi connectivity index (χ0n) is 22.2. The summed E-state index contributed by atoms with van der Waals surface area (Å²) in [7, 11) is 3.05. The van der Waals surface area contributed by atoms with Crippen LogP contribution in [0.25, 0.3) is 22.0 Å². The number of amides is 1. The van der Waals surface area contributed by atoms with Gasteiger partial charge in [-0.25, -0.2) is 9.97 Å². The number of piperidine rings is 1. The zero-order chi connectivity index (χ0) is 28.4. The summed E-state index contributed by atoms with van der Waals surface area (Å²) in [5.41, 5.74) is 1.03. The van der Waals surface area contributed by atoms with E-state index in [1.807, 2.05) is 12.1 Å². The highest BCUT2D eigenvalue weighted by atomic mass is 35.5. The third kappa shape index (κ3) is 5.62. The minimum atomic E-state index is -0.346. The Balaban J connectivity index is 1.59. The van der Waals surface area contributed by atoms with E-state index >= 15 is 0 Å². The number of hydrogen-bond donors (Lipinski definition) is 3. The molecule has 2 saturated heterocycles. The minimum Gasteiger partial charge on any atom is -0.495 e. The van der Waals surface area contributed by atoms with E-state index in [2.05, 4.69) is 27.1 Å². The maximum Gasteiger partial charge on any atom is 0.243 e. The lowest BCUT2D eigenvalue weighted by Gasteiger charge is -2.32. The van der Waals surface area contributed by atoms with Crippen LogP contribution in [0.4, 0.5) is 11.6 Å². The predicted molar refractivity (Wildman–Crippen MR) is 156 cm³/mol. The average Bonchev–Trinajstić information content (AvgIpc) is 3.39. The maximum absolute atomic E-state index is 11.9. The number of carbonyl (C=O) groups is 1. The Kier molecular flexibility index (Phi) is 8.51. The number of aliphatic hydroxyl groups excluding tert-OH is 1. The van der Waals surface area contributed by atoms with E-state index in [1.54, 1.807) is 12.3 Å². The van der Waals surface area contributed by atoms with Crippen molar-refractivity contribution >= 4 is 51.5 Å². The van der Waals surface area contributed by atoms with Crippen LogP contribution in [0.3, 0.4) is 0 Å². The highest BCUT2D eigenvalue weighted by Crippen LogP contribution is 2.46. The van der Waals surface area contributed by atoms with Crippen molar-refractivity contribution in [1.29, 1.82) is 0 Å². The van der Waals surface area contributed by atoms with Gasteiger partial charge in [-0.3, -0.25) is 4.79 Å². The van der Waals surface area contributed by atoms with Crippen LogP contribution < -0.4 is 25.0 Å². The number of nitrogens with one attached hydrogen (secondary N) is 2. The summed E-state index contributed by atoms with van der Waals surface area (Å²) in [5, 5.41) is 18.8. The van der Waals surface area contributed by atoms with Crippen LogP contribution in [0.15, 0.2) is 37.1 Å². The molecule has 5 rings (SSSR count). The molecule has 0 bridgehead atoms. The number of rotatable bonds is 8. The predicted octanol–water partition coefficient (Wildman–Crippen LogP) is 4.06. The van der Waals surface area contributed by atoms with Crippen molar-refractivity contribution in [2.75, 3.05) is 50.7 Å². The molecule has 2 atom stereocenters. The van der Waals surface area contributed by atoms with Crippen molar-refractivity contribution in [3.8, 4) is 22.8 Å². The van der Waals surface area contributed by atoms with E-state index in [9.17, 15) is 9.90 Å². The summed E-state index contributed by atoms with van der Waals surface area (Å²) < 4.78 is 16.5. The topological polar surface area (TPSA) is 118 Å². The summed E-state index contributed by atoms with van der Waals surface area (Å²) in [6.45, 7) is 5.60. The Morgan fingerprint density at radius 1 is 1.12 bits per heavy atom. The molecule has 10 nitrogen and oxygen atoms in total. The smallest absolute Gasteiger partial charge is 0.243 e. The van der Waals surface area contributed by atoms with Crippen molar-refractivity contribution in [2.45, 2.75) is 31.0 Å². The molecule has 2 aromatic heterocycles. The van der Waals surface area contributed by atoms with Gasteiger partial charge in [0.05, 0.1) is 61.4 Å². The molecule has 0 spiro atoms. The van der Waals surface area contributed by atoms with Crippen molar-refractivity contribution in [2.24, 2.45) is 0 Å². The van der Waals surface area contributed by atoms with Gasteiger partial charge in [-0.2, -0.15) is 0 Å². The Bertz CT molecular complexity index is 1400. The van der Waals surface area contributed by atoms with E-state index in [4.69, 9.17) is 42.4 Å². The second-order valence-corrected chi connectivity index (χ2v) is 10.5. The highest BCUT2D eigenvalue weighted by molar-refractivity contribution is 6.41. The number of fused-ring (bicyclic) bond motifs is 1. The molecule has 3 N–H and O–H groups in total. The largest absolute Gasteiger partial charge is 0.495 e. The number of benzene rings is 1. The number of aliphatic hydroxyl groups is 1. The molecule has 1 amide bonds. The molecule has 3 aromatic rings. The first-order valence-corrected chi connectivity index (χ1v) is 13.7. The molecule has 0 aliphatic carbocycles. The molecule has 4 heterocycles. The SMILES string of the molecule is C=CC(=O)N[C@H]1COC[C@H]1Nc1cc2c(N3CCC(O)CC3)nc(-c3c(Cl)c(OC)cc(OC)c3Cl)cc2cn1. The summed E-state index contributed by atoms with van der Waals surface area (Å²) in [6, 6.07) is 5.06. The first-order chi connectivity index (χ1) is 19.3. The molecular weight excluding hydrogens is 557 g/mol. The first kappa shape index (κ1) is 28.2. The number of halogens is 2. The Morgan fingerprint density at radius 3 is 2.45 bits per heavy atom. The molecule has 0 radical (unpaired) electrons. The van der Waals surface area contributed by atoms with Gasteiger partial charge in [-0.05, 0) is 31.1 Å². The van der Waals surface area contributed by atoms with Crippen LogP contribution >= 0.6 is 23.2 Å². The second kappa shape index (κ2) is 12.1. The number of carbonyl (C=O) groups excluding carboxylic acids is 1. The van der Waals surface area contributed by atoms with Gasteiger partial charge in [0.1, 0.15) is 23.1 Å². The average molecular weight is 588 g/mol. The lowest BCUT2D eigenvalue weighted by molar-refractivity contribution is -0.117. The summed E-state index contributed by atoms with van der Waals surface area (Å²) >= 11 is 13.5. The number of hydrogen-bond acceptors (Lipinski definition) is 9. The maximum atomic E-state index is 11.9. The fraction of sp³-hybridized carbons (Fsp3) is 0.393. The summed E-state index contributed by atoms with van der Waals surface area (Å²) in [4.78, 5) is 23.7. The van der Waals surface area contributed by atoms with Gasteiger partial charge in [-0.15, -0.1) is 0 Å². The molecule has 1 aromatic carbocycles. The van der Waals surface area contributed by atoms with Crippen LogP contribution in [0.5, 0.6) is 11.5 Å². The summed E-state index contributed by atoms with van der Waals surface area (Å²) in [5.74, 6) is 1.91. The molecule has 0 unspecified atom stereocenters. The van der Waals surface area contributed by atoms with Crippen LogP contribution in [0.1, 0.15) is 12.8 Å². The summed E-state index contributed by atoms with van der Waals surface area (Å²) in [6.07, 6.45) is 3.91. The van der Waals surface area contributed by atoms with Crippen LogP contribution in [0, 0.1) is 0 Å². The Labute approximate surface area is 242 Å². The van der Waals surface area contributed by atoms with Gasteiger partial charge in [0.25, 0.3) is 0 Å². The lowest BCUT2D eigenvalue weighted by atomic mass is 10.0.